The van der Waals surface area contributed by atoms with E-state index in [1.165, 1.54) is 0 Å². The maximum Gasteiger partial charge on any atom is 0.318 e. The first-order chi connectivity index (χ1) is 6.29. The molecule has 1 aliphatic heterocycles. The van der Waals surface area contributed by atoms with E-state index >= 15 is 0 Å². The first-order valence-electron chi connectivity index (χ1n) is 4.25. The highest BCUT2D eigenvalue weighted by molar-refractivity contribution is 5.26. The number of nitrogens with two attached hydrogens (primary N) is 1. The van der Waals surface area contributed by atoms with Gasteiger partial charge in [0.2, 0.25) is 5.89 Å². The minimum atomic E-state index is -0.284. The lowest BCUT2D eigenvalue weighted by Gasteiger charge is -2.10. The summed E-state index contributed by atoms with van der Waals surface area (Å²) in [6.45, 7) is 1.57. The summed E-state index contributed by atoms with van der Waals surface area (Å²) in [6, 6.07) is 0.456. The lowest BCUT2D eigenvalue weighted by Crippen LogP contribution is -2.21. The number of aromatic nitrogens is 2. The Morgan fingerprint density at radius 3 is 3.00 bits per heavy atom. The minimum absolute atomic E-state index is 0.253. The van der Waals surface area contributed by atoms with Crippen LogP contribution in [0.1, 0.15) is 12.3 Å². The zero-order chi connectivity index (χ0) is 9.26. The number of anilines is 1. The maximum atomic E-state index is 9.27. The van der Waals surface area contributed by atoms with Crippen molar-refractivity contribution in [2.75, 3.05) is 18.0 Å². The molecular formula is C7H12N4O2. The van der Waals surface area contributed by atoms with E-state index in [0.29, 0.717) is 18.5 Å². The quantitative estimate of drug-likeness (QED) is 0.619. The first kappa shape index (κ1) is 8.46. The Bertz CT molecular complexity index is 288. The van der Waals surface area contributed by atoms with Gasteiger partial charge in [-0.25, -0.2) is 0 Å². The summed E-state index contributed by atoms with van der Waals surface area (Å²) in [4.78, 5) is 1.86. The van der Waals surface area contributed by atoms with E-state index in [4.69, 9.17) is 10.2 Å². The van der Waals surface area contributed by atoms with Gasteiger partial charge in [-0.05, 0) is 6.42 Å². The predicted molar refractivity (Wildman–Crippen MR) is 45.0 cm³/mol. The third kappa shape index (κ3) is 1.63. The van der Waals surface area contributed by atoms with Gasteiger partial charge >= 0.3 is 6.01 Å². The van der Waals surface area contributed by atoms with E-state index in [1.54, 1.807) is 0 Å². The molecule has 2 heterocycles. The number of aliphatic hydroxyl groups excluding tert-OH is 1. The second kappa shape index (κ2) is 3.31. The second-order valence-electron chi connectivity index (χ2n) is 3.07. The summed E-state index contributed by atoms with van der Waals surface area (Å²) in [5.41, 5.74) is 5.32. The van der Waals surface area contributed by atoms with Crippen LogP contribution in [0.4, 0.5) is 6.01 Å². The van der Waals surface area contributed by atoms with Gasteiger partial charge in [-0.15, -0.1) is 5.10 Å². The normalized spacial score (nSPS) is 22.6. The fourth-order valence-corrected chi connectivity index (χ4v) is 1.37. The molecule has 1 aromatic rings. The number of hydrogen-bond donors (Lipinski definition) is 2. The van der Waals surface area contributed by atoms with Crippen LogP contribution in [-0.4, -0.2) is 34.5 Å². The van der Waals surface area contributed by atoms with Gasteiger partial charge < -0.3 is 20.2 Å². The van der Waals surface area contributed by atoms with Crippen molar-refractivity contribution < 1.29 is 9.52 Å². The summed E-state index contributed by atoms with van der Waals surface area (Å²) in [5.74, 6) is 0.427. The Morgan fingerprint density at radius 1 is 1.62 bits per heavy atom. The van der Waals surface area contributed by atoms with E-state index in [2.05, 4.69) is 10.2 Å². The van der Waals surface area contributed by atoms with Crippen molar-refractivity contribution in [3.05, 3.63) is 5.89 Å². The molecule has 0 amide bonds. The molecule has 1 fully saturated rings. The molecule has 6 heteroatoms. The zero-order valence-corrected chi connectivity index (χ0v) is 7.18. The molecule has 2 rings (SSSR count). The number of aliphatic hydroxyl groups is 1. The van der Waals surface area contributed by atoms with Crippen molar-refractivity contribution >= 4 is 6.01 Å². The third-order valence-electron chi connectivity index (χ3n) is 2.06. The standard InChI is InChI=1S/C7H12N4O2/c8-3-6-9-10-7(13-6)11-2-1-5(12)4-11/h5,12H,1-4,8H2. The van der Waals surface area contributed by atoms with Crippen LogP contribution in [0.25, 0.3) is 0 Å². The Balaban J connectivity index is 2.08. The summed E-state index contributed by atoms with van der Waals surface area (Å²) < 4.78 is 5.23. The van der Waals surface area contributed by atoms with Crippen molar-refractivity contribution in [3.63, 3.8) is 0 Å². The van der Waals surface area contributed by atoms with Crippen LogP contribution in [0.15, 0.2) is 4.42 Å². The van der Waals surface area contributed by atoms with E-state index in [1.807, 2.05) is 4.90 Å². The molecule has 0 aliphatic carbocycles. The fourth-order valence-electron chi connectivity index (χ4n) is 1.37. The summed E-state index contributed by atoms with van der Waals surface area (Å²) in [7, 11) is 0. The van der Waals surface area contributed by atoms with Crippen LogP contribution in [0, 0.1) is 0 Å². The van der Waals surface area contributed by atoms with Crippen molar-refractivity contribution in [2.45, 2.75) is 19.1 Å². The van der Waals surface area contributed by atoms with Crippen molar-refractivity contribution in [1.29, 1.82) is 0 Å². The van der Waals surface area contributed by atoms with E-state index in [-0.39, 0.29) is 12.6 Å². The highest BCUT2D eigenvalue weighted by Crippen LogP contribution is 2.18. The van der Waals surface area contributed by atoms with Gasteiger partial charge in [-0.3, -0.25) is 0 Å². The maximum absolute atomic E-state index is 9.27. The average molecular weight is 184 g/mol. The molecule has 1 atom stereocenters. The smallest absolute Gasteiger partial charge is 0.318 e. The van der Waals surface area contributed by atoms with E-state index in [9.17, 15) is 5.11 Å². The summed E-state index contributed by atoms with van der Waals surface area (Å²) >= 11 is 0. The molecule has 1 saturated heterocycles. The van der Waals surface area contributed by atoms with Crippen LogP contribution >= 0.6 is 0 Å². The molecule has 6 nitrogen and oxygen atoms in total. The molecule has 1 unspecified atom stereocenters. The van der Waals surface area contributed by atoms with Crippen molar-refractivity contribution in [3.8, 4) is 0 Å². The number of rotatable bonds is 2. The SMILES string of the molecule is NCc1nnc(N2CCC(O)C2)o1. The van der Waals surface area contributed by atoms with E-state index < -0.39 is 0 Å². The monoisotopic (exact) mass is 184 g/mol. The molecule has 13 heavy (non-hydrogen) atoms. The van der Waals surface area contributed by atoms with Gasteiger partial charge in [0.05, 0.1) is 12.6 Å². The van der Waals surface area contributed by atoms with E-state index in [0.717, 1.165) is 13.0 Å². The van der Waals surface area contributed by atoms with Gasteiger partial charge in [0.15, 0.2) is 0 Å². The average Bonchev–Trinajstić information content (AvgIpc) is 2.71. The summed E-state index contributed by atoms with van der Waals surface area (Å²) in [6.07, 6.45) is 0.466. The molecule has 3 N–H and O–H groups in total. The third-order valence-corrected chi connectivity index (χ3v) is 2.06. The second-order valence-corrected chi connectivity index (χ2v) is 3.07. The molecular weight excluding hydrogens is 172 g/mol. The largest absolute Gasteiger partial charge is 0.407 e. The Hall–Kier alpha value is -1.14. The van der Waals surface area contributed by atoms with Gasteiger partial charge in [0, 0.05) is 13.1 Å². The molecule has 1 aliphatic rings. The van der Waals surface area contributed by atoms with Gasteiger partial charge in [-0.2, -0.15) is 0 Å². The molecule has 0 aromatic carbocycles. The topological polar surface area (TPSA) is 88.4 Å². The molecule has 0 saturated carbocycles. The van der Waals surface area contributed by atoms with Crippen LogP contribution in [0.5, 0.6) is 0 Å². The molecule has 0 spiro atoms. The Labute approximate surface area is 75.3 Å². The molecule has 0 bridgehead atoms. The molecule has 1 aromatic heterocycles. The van der Waals surface area contributed by atoms with Crippen molar-refractivity contribution in [1.82, 2.24) is 10.2 Å². The zero-order valence-electron chi connectivity index (χ0n) is 7.18. The molecule has 72 valence electrons. The predicted octanol–water partition coefficient (Wildman–Crippen LogP) is -0.901. The van der Waals surface area contributed by atoms with Gasteiger partial charge in [0.25, 0.3) is 0 Å². The summed E-state index contributed by atoms with van der Waals surface area (Å²) in [5, 5.41) is 16.8. The van der Waals surface area contributed by atoms with Crippen LogP contribution in [0.3, 0.4) is 0 Å². The minimum Gasteiger partial charge on any atom is -0.407 e. The van der Waals surface area contributed by atoms with Crippen LogP contribution in [0.2, 0.25) is 0 Å². The Morgan fingerprint density at radius 2 is 2.46 bits per heavy atom. The lowest BCUT2D eigenvalue weighted by atomic mass is 10.3. The van der Waals surface area contributed by atoms with Gasteiger partial charge in [-0.1, -0.05) is 5.10 Å². The Kier molecular flexibility index (Phi) is 2.15. The van der Waals surface area contributed by atoms with Gasteiger partial charge in [0.1, 0.15) is 0 Å². The number of β-amino-alcohol motifs (C(OH)–C–C–N with tert-alkyl or cyclic N) is 1. The highest BCUT2D eigenvalue weighted by atomic mass is 16.4. The number of hydrogen-bond acceptors (Lipinski definition) is 6. The lowest BCUT2D eigenvalue weighted by molar-refractivity contribution is 0.198. The van der Waals surface area contributed by atoms with Crippen LogP contribution < -0.4 is 10.6 Å². The van der Waals surface area contributed by atoms with Crippen LogP contribution in [-0.2, 0) is 6.54 Å². The fraction of sp³-hybridized carbons (Fsp3) is 0.714. The first-order valence-corrected chi connectivity index (χ1v) is 4.25. The molecule has 0 radical (unpaired) electrons. The highest BCUT2D eigenvalue weighted by Gasteiger charge is 2.24. The van der Waals surface area contributed by atoms with Crippen molar-refractivity contribution in [2.24, 2.45) is 5.73 Å². The number of nitrogens with zero attached hydrogens (tertiary/aromatic N) is 3.